The molecule has 2 aromatic carbocycles. The van der Waals surface area contributed by atoms with Crippen LogP contribution in [0.5, 0.6) is 0 Å². The Bertz CT molecular complexity index is 1230. The molecule has 10 heteroatoms. The second kappa shape index (κ2) is 9.84. The van der Waals surface area contributed by atoms with Crippen LogP contribution in [0.25, 0.3) is 5.69 Å². The summed E-state index contributed by atoms with van der Waals surface area (Å²) in [6.45, 7) is 1.60. The molecule has 0 fully saturated rings. The molecule has 1 heterocycles. The fourth-order valence-electron chi connectivity index (χ4n) is 3.32. The summed E-state index contributed by atoms with van der Waals surface area (Å²) in [4.78, 5) is 26.0. The maximum absolute atomic E-state index is 13.5. The van der Waals surface area contributed by atoms with Crippen molar-refractivity contribution in [1.29, 1.82) is 0 Å². The molecular weight excluding hydrogens is 432 g/mol. The van der Waals surface area contributed by atoms with Crippen LogP contribution in [-0.2, 0) is 26.6 Å². The van der Waals surface area contributed by atoms with Gasteiger partial charge in [0.25, 0.3) is 15.6 Å². The van der Waals surface area contributed by atoms with Gasteiger partial charge in [-0.2, -0.15) is 0 Å². The van der Waals surface area contributed by atoms with Crippen LogP contribution in [0.1, 0.15) is 5.69 Å². The Balaban J connectivity index is 2.14. The zero-order valence-electron chi connectivity index (χ0n) is 18.2. The van der Waals surface area contributed by atoms with E-state index in [2.05, 4.69) is 5.32 Å². The predicted molar refractivity (Wildman–Crippen MR) is 122 cm³/mol. The summed E-state index contributed by atoms with van der Waals surface area (Å²) < 4.78 is 35.8. The minimum absolute atomic E-state index is 0.0152. The molecule has 0 unspecified atom stereocenters. The van der Waals surface area contributed by atoms with Gasteiger partial charge in [-0.3, -0.25) is 14.3 Å². The Hall–Kier alpha value is -3.37. The molecule has 0 radical (unpaired) electrons. The number of rotatable bonds is 9. The van der Waals surface area contributed by atoms with Crippen molar-refractivity contribution in [3.8, 4) is 5.69 Å². The van der Waals surface area contributed by atoms with E-state index in [9.17, 15) is 18.0 Å². The zero-order chi connectivity index (χ0) is 23.3. The number of aromatic nitrogens is 2. The lowest BCUT2D eigenvalue weighted by Gasteiger charge is -2.23. The van der Waals surface area contributed by atoms with Crippen molar-refractivity contribution in [2.75, 3.05) is 31.1 Å². The van der Waals surface area contributed by atoms with Crippen molar-refractivity contribution >= 4 is 21.6 Å². The molecule has 0 saturated carbocycles. The highest BCUT2D eigenvalue weighted by molar-refractivity contribution is 7.92. The summed E-state index contributed by atoms with van der Waals surface area (Å²) >= 11 is 0. The minimum atomic E-state index is -4.20. The van der Waals surface area contributed by atoms with Gasteiger partial charge in [-0.25, -0.2) is 17.4 Å². The van der Waals surface area contributed by atoms with Crippen molar-refractivity contribution in [3.63, 3.8) is 0 Å². The molecule has 0 aliphatic rings. The average Bonchev–Trinajstić information content (AvgIpc) is 3.01. The number of hydrogen-bond donors (Lipinski definition) is 1. The van der Waals surface area contributed by atoms with Crippen LogP contribution in [0, 0.1) is 6.92 Å². The number of carbonyl (C=O) groups excluding carboxylic acids is 1. The molecule has 0 saturated heterocycles. The number of carbonyl (C=O) groups is 1. The van der Waals surface area contributed by atoms with Crippen molar-refractivity contribution in [2.24, 2.45) is 7.05 Å². The standard InChI is InChI=1S/C22H26N4O5S/c1-17-21(22(28)26(24(17)2)18-10-6-4-7-11-18)25(16-20(27)23-14-15-31-3)32(29,30)19-12-8-5-9-13-19/h4-13H,14-16H2,1-3H3,(H,23,27). The number of ether oxygens (including phenoxy) is 1. The van der Waals surface area contributed by atoms with E-state index in [-0.39, 0.29) is 23.7 Å². The minimum Gasteiger partial charge on any atom is -0.383 e. The molecule has 1 N–H and O–H groups in total. The van der Waals surface area contributed by atoms with E-state index in [0.29, 0.717) is 11.4 Å². The van der Waals surface area contributed by atoms with Crippen LogP contribution < -0.4 is 15.2 Å². The summed E-state index contributed by atoms with van der Waals surface area (Å²) in [5, 5.41) is 2.61. The lowest BCUT2D eigenvalue weighted by atomic mass is 10.3. The smallest absolute Gasteiger partial charge is 0.296 e. The SMILES string of the molecule is COCCNC(=O)CN(c1c(C)n(C)n(-c2ccccc2)c1=O)S(=O)(=O)c1ccccc1. The number of anilines is 1. The van der Waals surface area contributed by atoms with E-state index >= 15 is 0 Å². The first-order valence-corrected chi connectivity index (χ1v) is 11.4. The van der Waals surface area contributed by atoms with Crippen molar-refractivity contribution < 1.29 is 17.9 Å². The fourth-order valence-corrected chi connectivity index (χ4v) is 4.82. The van der Waals surface area contributed by atoms with E-state index in [0.717, 1.165) is 4.31 Å². The van der Waals surface area contributed by atoms with E-state index in [1.807, 2.05) is 6.07 Å². The van der Waals surface area contributed by atoms with Gasteiger partial charge >= 0.3 is 0 Å². The summed E-state index contributed by atoms with van der Waals surface area (Å²) in [6, 6.07) is 16.6. The molecule has 9 nitrogen and oxygen atoms in total. The van der Waals surface area contributed by atoms with Crippen LogP contribution >= 0.6 is 0 Å². The van der Waals surface area contributed by atoms with Gasteiger partial charge in [0.1, 0.15) is 12.2 Å². The highest BCUT2D eigenvalue weighted by atomic mass is 32.2. The number of sulfonamides is 1. The highest BCUT2D eigenvalue weighted by Crippen LogP contribution is 2.25. The van der Waals surface area contributed by atoms with Crippen LogP contribution in [0.3, 0.4) is 0 Å². The Morgan fingerprint density at radius 1 is 1.06 bits per heavy atom. The van der Waals surface area contributed by atoms with Crippen molar-refractivity contribution in [2.45, 2.75) is 11.8 Å². The van der Waals surface area contributed by atoms with E-state index in [1.165, 1.54) is 23.9 Å². The van der Waals surface area contributed by atoms with Gasteiger partial charge < -0.3 is 10.1 Å². The lowest BCUT2D eigenvalue weighted by Crippen LogP contribution is -2.43. The molecule has 170 valence electrons. The van der Waals surface area contributed by atoms with Crippen molar-refractivity contribution in [1.82, 2.24) is 14.7 Å². The number of hydrogen-bond acceptors (Lipinski definition) is 5. The molecule has 0 aliphatic heterocycles. The topological polar surface area (TPSA) is 103 Å². The number of amides is 1. The summed E-state index contributed by atoms with van der Waals surface area (Å²) in [6.07, 6.45) is 0. The number of methoxy groups -OCH3 is 1. The molecule has 0 aliphatic carbocycles. The zero-order valence-corrected chi connectivity index (χ0v) is 19.0. The Morgan fingerprint density at radius 3 is 2.25 bits per heavy atom. The molecule has 3 rings (SSSR count). The van der Waals surface area contributed by atoms with Gasteiger partial charge in [0, 0.05) is 20.7 Å². The second-order valence-electron chi connectivity index (χ2n) is 7.08. The van der Waals surface area contributed by atoms with Gasteiger partial charge in [0.05, 0.1) is 22.9 Å². The molecular formula is C22H26N4O5S. The number of nitrogens with one attached hydrogen (secondary N) is 1. The maximum Gasteiger partial charge on any atom is 0.296 e. The van der Waals surface area contributed by atoms with Gasteiger partial charge in [0.2, 0.25) is 5.91 Å². The van der Waals surface area contributed by atoms with Gasteiger partial charge in [-0.05, 0) is 31.2 Å². The third-order valence-corrected chi connectivity index (χ3v) is 6.78. The van der Waals surface area contributed by atoms with Crippen molar-refractivity contribution in [3.05, 3.63) is 76.7 Å². The Kier molecular flexibility index (Phi) is 7.16. The number of para-hydroxylation sites is 1. The molecule has 1 amide bonds. The Morgan fingerprint density at radius 2 is 1.66 bits per heavy atom. The van der Waals surface area contributed by atoms with E-state index < -0.39 is 28.0 Å². The molecule has 1 aromatic heterocycles. The summed E-state index contributed by atoms with van der Waals surface area (Å²) in [5.41, 5.74) is 0.363. The van der Waals surface area contributed by atoms with E-state index in [1.54, 1.807) is 61.1 Å². The second-order valence-corrected chi connectivity index (χ2v) is 8.94. The van der Waals surface area contributed by atoms with Gasteiger partial charge in [-0.15, -0.1) is 0 Å². The highest BCUT2D eigenvalue weighted by Gasteiger charge is 2.33. The first-order valence-electron chi connectivity index (χ1n) is 9.96. The van der Waals surface area contributed by atoms with E-state index in [4.69, 9.17) is 4.74 Å². The summed E-state index contributed by atoms with van der Waals surface area (Å²) in [7, 11) is -1.03. The fraction of sp³-hybridized carbons (Fsp3) is 0.273. The first kappa shape index (κ1) is 23.3. The van der Waals surface area contributed by atoms with Gasteiger partial charge in [0.15, 0.2) is 0 Å². The largest absolute Gasteiger partial charge is 0.383 e. The molecule has 0 atom stereocenters. The molecule has 3 aromatic rings. The van der Waals surface area contributed by atoms with Crippen LogP contribution in [0.4, 0.5) is 5.69 Å². The Labute approximate surface area is 186 Å². The number of nitrogens with zero attached hydrogens (tertiary/aromatic N) is 3. The monoisotopic (exact) mass is 458 g/mol. The maximum atomic E-state index is 13.5. The van der Waals surface area contributed by atoms with Crippen LogP contribution in [0.2, 0.25) is 0 Å². The quantitative estimate of drug-likeness (QED) is 0.489. The number of benzene rings is 2. The van der Waals surface area contributed by atoms with Crippen LogP contribution in [0.15, 0.2) is 70.4 Å². The third kappa shape index (κ3) is 4.61. The molecule has 0 bridgehead atoms. The normalized spacial score (nSPS) is 11.3. The molecule has 0 spiro atoms. The van der Waals surface area contributed by atoms with Crippen LogP contribution in [-0.4, -0.2) is 50.5 Å². The molecule has 32 heavy (non-hydrogen) atoms. The van der Waals surface area contributed by atoms with Gasteiger partial charge in [-0.1, -0.05) is 36.4 Å². The predicted octanol–water partition coefficient (Wildman–Crippen LogP) is 1.44. The lowest BCUT2D eigenvalue weighted by molar-refractivity contribution is -0.119. The first-order chi connectivity index (χ1) is 15.3. The average molecular weight is 459 g/mol. The summed E-state index contributed by atoms with van der Waals surface area (Å²) in [5.74, 6) is -0.546. The third-order valence-electron chi connectivity index (χ3n) is 5.02.